The highest BCUT2D eigenvalue weighted by atomic mass is 16.5. The van der Waals surface area contributed by atoms with Crippen LogP contribution in [0.25, 0.3) is 0 Å². The SMILES string of the molecule is C=CCOC(=O)c1cc(CC)cnc1C(=O)OCC=C. The van der Waals surface area contributed by atoms with Crippen LogP contribution in [0.2, 0.25) is 0 Å². The number of nitrogens with zero attached hydrogens (tertiary/aromatic N) is 1. The van der Waals surface area contributed by atoms with Gasteiger partial charge in [0.1, 0.15) is 13.2 Å². The van der Waals surface area contributed by atoms with Gasteiger partial charge in [0.25, 0.3) is 0 Å². The predicted molar refractivity (Wildman–Crippen MR) is 74.6 cm³/mol. The smallest absolute Gasteiger partial charge is 0.358 e. The summed E-state index contributed by atoms with van der Waals surface area (Å²) in [5.41, 5.74) is 0.870. The van der Waals surface area contributed by atoms with Crippen LogP contribution < -0.4 is 0 Å². The van der Waals surface area contributed by atoms with E-state index in [0.29, 0.717) is 6.42 Å². The molecule has 5 nitrogen and oxygen atoms in total. The van der Waals surface area contributed by atoms with Crippen LogP contribution in [0, 0.1) is 0 Å². The Balaban J connectivity index is 3.08. The molecule has 0 radical (unpaired) electrons. The van der Waals surface area contributed by atoms with E-state index in [0.717, 1.165) is 5.56 Å². The Morgan fingerprint density at radius 2 is 1.80 bits per heavy atom. The lowest BCUT2D eigenvalue weighted by Crippen LogP contribution is -2.16. The van der Waals surface area contributed by atoms with Crippen LogP contribution >= 0.6 is 0 Å². The molecule has 0 N–H and O–H groups in total. The Labute approximate surface area is 117 Å². The van der Waals surface area contributed by atoms with Crippen LogP contribution in [0.3, 0.4) is 0 Å². The van der Waals surface area contributed by atoms with Crippen LogP contribution in [0.5, 0.6) is 0 Å². The summed E-state index contributed by atoms with van der Waals surface area (Å²) >= 11 is 0. The van der Waals surface area contributed by atoms with E-state index in [4.69, 9.17) is 9.47 Å². The molecule has 0 atom stereocenters. The van der Waals surface area contributed by atoms with Crippen molar-refractivity contribution < 1.29 is 19.1 Å². The molecule has 20 heavy (non-hydrogen) atoms. The van der Waals surface area contributed by atoms with Gasteiger partial charge in [-0.3, -0.25) is 0 Å². The van der Waals surface area contributed by atoms with Crippen molar-refractivity contribution in [3.63, 3.8) is 0 Å². The summed E-state index contributed by atoms with van der Waals surface area (Å²) in [6, 6.07) is 1.59. The highest BCUT2D eigenvalue weighted by molar-refractivity contribution is 6.01. The summed E-state index contributed by atoms with van der Waals surface area (Å²) in [7, 11) is 0. The van der Waals surface area contributed by atoms with E-state index < -0.39 is 11.9 Å². The zero-order valence-corrected chi connectivity index (χ0v) is 11.4. The molecule has 0 saturated carbocycles. The highest BCUT2D eigenvalue weighted by Gasteiger charge is 2.21. The number of carbonyl (C=O) groups excluding carboxylic acids is 2. The summed E-state index contributed by atoms with van der Waals surface area (Å²) in [5.74, 6) is -1.31. The molecular formula is C15H17NO4. The van der Waals surface area contributed by atoms with Crippen LogP contribution in [-0.4, -0.2) is 30.1 Å². The van der Waals surface area contributed by atoms with Gasteiger partial charge < -0.3 is 9.47 Å². The number of aryl methyl sites for hydroxylation is 1. The number of rotatable bonds is 7. The van der Waals surface area contributed by atoms with Crippen LogP contribution in [0.1, 0.15) is 33.3 Å². The molecule has 106 valence electrons. The van der Waals surface area contributed by atoms with Crippen molar-refractivity contribution in [1.82, 2.24) is 4.98 Å². The number of hydrogen-bond acceptors (Lipinski definition) is 5. The van der Waals surface area contributed by atoms with Crippen molar-refractivity contribution in [2.75, 3.05) is 13.2 Å². The summed E-state index contributed by atoms with van der Waals surface area (Å²) in [6.07, 6.45) is 5.12. The van der Waals surface area contributed by atoms with Gasteiger partial charge in [0.2, 0.25) is 0 Å². The average Bonchev–Trinajstić information content (AvgIpc) is 2.49. The Hall–Kier alpha value is -2.43. The maximum atomic E-state index is 11.9. The number of aromatic nitrogens is 1. The van der Waals surface area contributed by atoms with Gasteiger partial charge in [0.05, 0.1) is 5.56 Å². The van der Waals surface area contributed by atoms with E-state index in [9.17, 15) is 9.59 Å². The van der Waals surface area contributed by atoms with E-state index in [1.165, 1.54) is 18.3 Å². The molecule has 0 unspecified atom stereocenters. The zero-order chi connectivity index (χ0) is 15.0. The first kappa shape index (κ1) is 15.6. The van der Waals surface area contributed by atoms with E-state index in [1.807, 2.05) is 6.92 Å². The van der Waals surface area contributed by atoms with Crippen molar-refractivity contribution in [3.8, 4) is 0 Å². The first-order valence-electron chi connectivity index (χ1n) is 6.19. The van der Waals surface area contributed by atoms with Gasteiger partial charge in [0.15, 0.2) is 5.69 Å². The second-order valence-electron chi connectivity index (χ2n) is 3.87. The standard InChI is InChI=1S/C15H17NO4/c1-4-7-19-14(17)12-9-11(6-3)10-16-13(12)15(18)20-8-5-2/h4-5,9-10H,1-2,6-8H2,3H3. The molecule has 0 aliphatic heterocycles. The number of hydrogen-bond donors (Lipinski definition) is 0. The molecule has 1 aromatic heterocycles. The quantitative estimate of drug-likeness (QED) is 0.564. The first-order valence-corrected chi connectivity index (χ1v) is 6.19. The van der Waals surface area contributed by atoms with Crippen molar-refractivity contribution in [2.24, 2.45) is 0 Å². The van der Waals surface area contributed by atoms with Crippen LogP contribution in [-0.2, 0) is 15.9 Å². The summed E-state index contributed by atoms with van der Waals surface area (Å²) in [4.78, 5) is 27.8. The van der Waals surface area contributed by atoms with Crippen LogP contribution in [0.15, 0.2) is 37.6 Å². The minimum Gasteiger partial charge on any atom is -0.458 e. The second kappa shape index (κ2) is 7.89. The summed E-state index contributed by atoms with van der Waals surface area (Å²) in [5, 5.41) is 0. The molecule has 0 fully saturated rings. The van der Waals surface area contributed by atoms with Crippen molar-refractivity contribution in [1.29, 1.82) is 0 Å². The second-order valence-corrected chi connectivity index (χ2v) is 3.87. The van der Waals surface area contributed by atoms with Crippen LogP contribution in [0.4, 0.5) is 0 Å². The summed E-state index contributed by atoms with van der Waals surface area (Å²) in [6.45, 7) is 8.95. The van der Waals surface area contributed by atoms with Gasteiger partial charge in [-0.2, -0.15) is 0 Å². The normalized spacial score (nSPS) is 9.65. The zero-order valence-electron chi connectivity index (χ0n) is 11.4. The molecule has 0 bridgehead atoms. The third kappa shape index (κ3) is 4.05. The molecule has 0 spiro atoms. The highest BCUT2D eigenvalue weighted by Crippen LogP contribution is 2.13. The maximum Gasteiger partial charge on any atom is 0.358 e. The fourth-order valence-electron chi connectivity index (χ4n) is 1.43. The fourth-order valence-corrected chi connectivity index (χ4v) is 1.43. The van der Waals surface area contributed by atoms with Crippen molar-refractivity contribution in [3.05, 3.63) is 54.4 Å². The maximum absolute atomic E-state index is 11.9. The molecular weight excluding hydrogens is 258 g/mol. The monoisotopic (exact) mass is 275 g/mol. The van der Waals surface area contributed by atoms with E-state index in [1.54, 1.807) is 6.07 Å². The number of carbonyl (C=O) groups is 2. The lowest BCUT2D eigenvalue weighted by Gasteiger charge is -2.09. The van der Waals surface area contributed by atoms with E-state index in [-0.39, 0.29) is 24.5 Å². The van der Waals surface area contributed by atoms with E-state index in [2.05, 4.69) is 18.1 Å². The molecule has 0 saturated heterocycles. The minimum atomic E-state index is -0.682. The molecule has 1 aromatic rings. The lowest BCUT2D eigenvalue weighted by atomic mass is 10.1. The molecule has 5 heteroatoms. The van der Waals surface area contributed by atoms with Gasteiger partial charge in [0, 0.05) is 6.20 Å². The van der Waals surface area contributed by atoms with Gasteiger partial charge in [-0.25, -0.2) is 14.6 Å². The third-order valence-electron chi connectivity index (χ3n) is 2.43. The molecule has 0 aliphatic rings. The van der Waals surface area contributed by atoms with Gasteiger partial charge in [-0.1, -0.05) is 32.2 Å². The Morgan fingerprint density at radius 3 is 2.35 bits per heavy atom. The summed E-state index contributed by atoms with van der Waals surface area (Å²) < 4.78 is 9.85. The number of esters is 2. The van der Waals surface area contributed by atoms with Gasteiger partial charge in [-0.15, -0.1) is 0 Å². The van der Waals surface area contributed by atoms with Gasteiger partial charge >= 0.3 is 11.9 Å². The van der Waals surface area contributed by atoms with Crippen molar-refractivity contribution in [2.45, 2.75) is 13.3 Å². The third-order valence-corrected chi connectivity index (χ3v) is 2.43. The first-order chi connectivity index (χ1) is 9.63. The Morgan fingerprint density at radius 1 is 1.20 bits per heavy atom. The molecule has 0 amide bonds. The molecule has 0 aliphatic carbocycles. The molecule has 0 aromatic carbocycles. The molecule has 1 heterocycles. The lowest BCUT2D eigenvalue weighted by molar-refractivity contribution is 0.0497. The van der Waals surface area contributed by atoms with E-state index >= 15 is 0 Å². The minimum absolute atomic E-state index is 0.0528. The van der Waals surface area contributed by atoms with Gasteiger partial charge in [-0.05, 0) is 18.1 Å². The predicted octanol–water partition coefficient (Wildman–Crippen LogP) is 2.33. The van der Waals surface area contributed by atoms with Crippen molar-refractivity contribution >= 4 is 11.9 Å². The Kier molecular flexibility index (Phi) is 6.16. The topological polar surface area (TPSA) is 65.5 Å². The fraction of sp³-hybridized carbons (Fsp3) is 0.267. The Bertz CT molecular complexity index is 523. The number of ether oxygens (including phenoxy) is 2. The number of pyridine rings is 1. The largest absolute Gasteiger partial charge is 0.458 e. The average molecular weight is 275 g/mol. The molecule has 1 rings (SSSR count).